The van der Waals surface area contributed by atoms with Crippen LogP contribution in [0.2, 0.25) is 0 Å². The summed E-state index contributed by atoms with van der Waals surface area (Å²) in [5.74, 6) is -1.37. The molecule has 3 aromatic rings. The lowest BCUT2D eigenvalue weighted by molar-refractivity contribution is -0.385. The first kappa shape index (κ1) is 25.8. The fraction of sp³-hybridized carbons (Fsp3) is 0.0909. The van der Waals surface area contributed by atoms with E-state index in [2.05, 4.69) is 15.2 Å². The number of aromatic carboxylic acids is 1. The van der Waals surface area contributed by atoms with Crippen LogP contribution in [0.15, 0.2) is 64.6 Å². The van der Waals surface area contributed by atoms with Crippen LogP contribution in [0.25, 0.3) is 0 Å². The van der Waals surface area contributed by atoms with Crippen molar-refractivity contribution in [1.82, 2.24) is 0 Å². The van der Waals surface area contributed by atoms with E-state index in [-0.39, 0.29) is 34.2 Å². The van der Waals surface area contributed by atoms with Crippen LogP contribution in [0.4, 0.5) is 17.1 Å². The Labute approximate surface area is 204 Å². The number of phenols is 1. The van der Waals surface area contributed by atoms with Gasteiger partial charge in [0.2, 0.25) is 5.75 Å². The molecule has 0 atom stereocenters. The van der Waals surface area contributed by atoms with Crippen molar-refractivity contribution in [3.63, 3.8) is 0 Å². The molecule has 0 amide bonds. The number of nitro groups is 1. The van der Waals surface area contributed by atoms with Gasteiger partial charge in [-0.3, -0.25) is 20.3 Å². The van der Waals surface area contributed by atoms with Crippen molar-refractivity contribution >= 4 is 39.3 Å². The number of methoxy groups -OCH3 is 2. The van der Waals surface area contributed by atoms with Gasteiger partial charge in [0.1, 0.15) is 4.90 Å². The molecule has 0 aliphatic carbocycles. The zero-order valence-corrected chi connectivity index (χ0v) is 19.6. The van der Waals surface area contributed by atoms with Crippen LogP contribution < -0.4 is 19.6 Å². The number of nitrogens with zero attached hydrogens (tertiary/aromatic N) is 2. The SMILES string of the molecule is COc1cc(/C=N/Nc2ccc([N+](=O)[O-])cc2S(=O)(=O)Nc2ccccc2C(=O)O)cc(OC)c1O. The van der Waals surface area contributed by atoms with Crippen molar-refractivity contribution in [1.29, 1.82) is 0 Å². The maximum Gasteiger partial charge on any atom is 0.337 e. The quantitative estimate of drug-likeness (QED) is 0.177. The van der Waals surface area contributed by atoms with Gasteiger partial charge >= 0.3 is 5.97 Å². The number of benzene rings is 3. The molecule has 4 N–H and O–H groups in total. The van der Waals surface area contributed by atoms with Crippen LogP contribution in [0.3, 0.4) is 0 Å². The first-order chi connectivity index (χ1) is 17.1. The van der Waals surface area contributed by atoms with Gasteiger partial charge in [-0.2, -0.15) is 5.10 Å². The third-order valence-corrected chi connectivity index (χ3v) is 6.17. The van der Waals surface area contributed by atoms with Crippen LogP contribution in [0.1, 0.15) is 15.9 Å². The summed E-state index contributed by atoms with van der Waals surface area (Å²) in [7, 11) is -1.82. The highest BCUT2D eigenvalue weighted by molar-refractivity contribution is 7.93. The minimum atomic E-state index is -4.51. The maximum atomic E-state index is 13.1. The molecular formula is C22H20N4O9S. The molecule has 0 bridgehead atoms. The first-order valence-electron chi connectivity index (χ1n) is 9.95. The van der Waals surface area contributed by atoms with Gasteiger partial charge in [-0.1, -0.05) is 12.1 Å². The van der Waals surface area contributed by atoms with Crippen LogP contribution in [0.5, 0.6) is 17.2 Å². The minimum Gasteiger partial charge on any atom is -0.502 e. The number of nitrogens with one attached hydrogen (secondary N) is 2. The normalized spacial score (nSPS) is 11.2. The van der Waals surface area contributed by atoms with E-state index in [0.717, 1.165) is 18.2 Å². The van der Waals surface area contributed by atoms with Gasteiger partial charge in [0.25, 0.3) is 15.7 Å². The fourth-order valence-electron chi connectivity index (χ4n) is 3.06. The number of hydrazone groups is 1. The molecule has 14 heteroatoms. The van der Waals surface area contributed by atoms with Gasteiger partial charge in [0, 0.05) is 17.7 Å². The Bertz CT molecular complexity index is 1430. The number of phenolic OH excluding ortho intramolecular Hbond substituents is 1. The van der Waals surface area contributed by atoms with Crippen LogP contribution in [0, 0.1) is 10.1 Å². The van der Waals surface area contributed by atoms with Gasteiger partial charge in [-0.05, 0) is 30.3 Å². The lowest BCUT2D eigenvalue weighted by Crippen LogP contribution is -2.17. The number of non-ortho nitro benzene ring substituents is 1. The highest BCUT2D eigenvalue weighted by Crippen LogP contribution is 2.36. The Kier molecular flexibility index (Phi) is 7.59. The smallest absolute Gasteiger partial charge is 0.337 e. The van der Waals surface area contributed by atoms with Crippen LogP contribution >= 0.6 is 0 Å². The van der Waals surface area contributed by atoms with E-state index in [0.29, 0.717) is 5.56 Å². The van der Waals surface area contributed by atoms with Crippen molar-refractivity contribution in [2.24, 2.45) is 5.10 Å². The van der Waals surface area contributed by atoms with E-state index in [1.807, 2.05) is 0 Å². The summed E-state index contributed by atoms with van der Waals surface area (Å²) in [6.45, 7) is 0. The Morgan fingerprint density at radius 3 is 2.28 bits per heavy atom. The van der Waals surface area contributed by atoms with Crippen LogP contribution in [-0.2, 0) is 10.0 Å². The number of rotatable bonds is 10. The van der Waals surface area contributed by atoms with Gasteiger partial charge < -0.3 is 19.7 Å². The van der Waals surface area contributed by atoms with E-state index >= 15 is 0 Å². The molecule has 13 nitrogen and oxygen atoms in total. The Hall–Kier alpha value is -4.85. The molecule has 3 rings (SSSR count). The number of carbonyl (C=O) groups is 1. The highest BCUT2D eigenvalue weighted by atomic mass is 32.2. The number of para-hydroxylation sites is 1. The van der Waals surface area contributed by atoms with Crippen molar-refractivity contribution in [3.8, 4) is 17.2 Å². The molecule has 0 heterocycles. The monoisotopic (exact) mass is 516 g/mol. The van der Waals surface area contributed by atoms with E-state index in [9.17, 15) is 33.5 Å². The third-order valence-electron chi connectivity index (χ3n) is 4.77. The molecule has 0 fully saturated rings. The van der Waals surface area contributed by atoms with Crippen LogP contribution in [-0.4, -0.2) is 50.0 Å². The van der Waals surface area contributed by atoms with Crippen molar-refractivity contribution < 1.29 is 37.8 Å². The Balaban J connectivity index is 1.99. The number of sulfonamides is 1. The van der Waals surface area contributed by atoms with Gasteiger partial charge in [-0.15, -0.1) is 0 Å². The zero-order valence-electron chi connectivity index (χ0n) is 18.8. The molecule has 3 aromatic carbocycles. The molecule has 0 aromatic heterocycles. The van der Waals surface area contributed by atoms with E-state index in [4.69, 9.17) is 9.47 Å². The van der Waals surface area contributed by atoms with E-state index < -0.39 is 31.5 Å². The summed E-state index contributed by atoms with van der Waals surface area (Å²) in [6, 6.07) is 11.2. The zero-order chi connectivity index (χ0) is 26.5. The number of carboxylic acid groups (broad SMARTS) is 1. The second kappa shape index (κ2) is 10.6. The summed E-state index contributed by atoms with van der Waals surface area (Å²) in [4.78, 5) is 21.4. The van der Waals surface area contributed by atoms with Crippen molar-refractivity contribution in [2.75, 3.05) is 24.4 Å². The van der Waals surface area contributed by atoms with Gasteiger partial charge in [-0.25, -0.2) is 13.2 Å². The molecule has 188 valence electrons. The lowest BCUT2D eigenvalue weighted by atomic mass is 10.2. The number of carboxylic acids is 1. The second-order valence-electron chi connectivity index (χ2n) is 7.04. The molecule has 0 aliphatic heterocycles. The lowest BCUT2D eigenvalue weighted by Gasteiger charge is -2.13. The van der Waals surface area contributed by atoms with Crippen molar-refractivity contribution in [3.05, 3.63) is 75.8 Å². The number of anilines is 2. The summed E-state index contributed by atoms with van der Waals surface area (Å²) < 4.78 is 38.6. The maximum absolute atomic E-state index is 13.1. The fourth-order valence-corrected chi connectivity index (χ4v) is 4.32. The summed E-state index contributed by atoms with van der Waals surface area (Å²) in [5.41, 5.74) is 1.75. The number of nitro benzene ring substituents is 1. The molecule has 0 aliphatic rings. The molecular weight excluding hydrogens is 496 g/mol. The standard InChI is InChI=1S/C22H20N4O9S/c1-34-18-9-13(10-19(35-2)21(18)27)12-23-24-17-8-7-14(26(30)31)11-20(17)36(32,33)25-16-6-4-3-5-15(16)22(28)29/h3-12,24-25,27H,1-2H3,(H,28,29)/b23-12+. The topological polar surface area (TPSA) is 190 Å². The summed E-state index contributed by atoms with van der Waals surface area (Å²) >= 11 is 0. The molecule has 36 heavy (non-hydrogen) atoms. The molecule has 0 unspecified atom stereocenters. The van der Waals surface area contributed by atoms with Gasteiger partial charge in [0.05, 0.1) is 42.3 Å². The van der Waals surface area contributed by atoms with E-state index in [1.165, 1.54) is 56.8 Å². The third kappa shape index (κ3) is 5.61. The number of aromatic hydroxyl groups is 1. The highest BCUT2D eigenvalue weighted by Gasteiger charge is 2.24. The predicted molar refractivity (Wildman–Crippen MR) is 130 cm³/mol. The molecule has 0 radical (unpaired) electrons. The largest absolute Gasteiger partial charge is 0.502 e. The number of ether oxygens (including phenoxy) is 2. The Morgan fingerprint density at radius 1 is 1.06 bits per heavy atom. The average molecular weight is 516 g/mol. The summed E-state index contributed by atoms with van der Waals surface area (Å²) in [5, 5.41) is 34.6. The predicted octanol–water partition coefficient (Wildman–Crippen LogP) is 3.26. The second-order valence-corrected chi connectivity index (χ2v) is 8.69. The number of hydrogen-bond acceptors (Lipinski definition) is 10. The van der Waals surface area contributed by atoms with Crippen molar-refractivity contribution in [2.45, 2.75) is 4.90 Å². The first-order valence-corrected chi connectivity index (χ1v) is 11.4. The Morgan fingerprint density at radius 2 is 1.69 bits per heavy atom. The average Bonchev–Trinajstić information content (AvgIpc) is 2.84. The minimum absolute atomic E-state index is 0.107. The molecule has 0 spiro atoms. The summed E-state index contributed by atoms with van der Waals surface area (Å²) in [6.07, 6.45) is 1.27. The van der Waals surface area contributed by atoms with Gasteiger partial charge in [0.15, 0.2) is 11.5 Å². The molecule has 0 saturated heterocycles. The molecule has 0 saturated carbocycles. The van der Waals surface area contributed by atoms with E-state index in [1.54, 1.807) is 0 Å². The number of hydrogen-bond donors (Lipinski definition) is 4.